The van der Waals surface area contributed by atoms with Gasteiger partial charge in [0, 0.05) is 4.47 Å². The van der Waals surface area contributed by atoms with Crippen molar-refractivity contribution in [2.75, 3.05) is 0 Å². The van der Waals surface area contributed by atoms with Crippen LogP contribution in [0.25, 0.3) is 0 Å². The first kappa shape index (κ1) is 19.8. The Bertz CT molecular complexity index is 691. The standard InChI is InChI=1S/C12H15NO4S.C6H5Br/c14-11(17-13-18(15)16)12(8-4-5-9-12)10-6-2-1-3-7-10;7-6-4-2-1-3-5-6/h1-3,6-7,13H,4-5,8-9H2,(H,15,16);1-5H/p-1. The second-order valence-electron chi connectivity index (χ2n) is 5.66. The molecule has 1 aliphatic rings. The van der Waals surface area contributed by atoms with Crippen LogP contribution in [0, 0.1) is 0 Å². The largest absolute Gasteiger partial charge is 0.758 e. The highest BCUT2D eigenvalue weighted by atomic mass is 79.9. The van der Waals surface area contributed by atoms with Gasteiger partial charge in [-0.1, -0.05) is 82.2 Å². The molecule has 7 heteroatoms. The van der Waals surface area contributed by atoms with Crippen molar-refractivity contribution < 1.29 is 18.4 Å². The van der Waals surface area contributed by atoms with Crippen LogP contribution >= 0.6 is 15.9 Å². The van der Waals surface area contributed by atoms with Crippen LogP contribution in [0.2, 0.25) is 0 Å². The summed E-state index contributed by atoms with van der Waals surface area (Å²) in [5.41, 5.74) is 0.166. The van der Waals surface area contributed by atoms with Crippen molar-refractivity contribution >= 4 is 33.2 Å². The van der Waals surface area contributed by atoms with Gasteiger partial charge in [0.2, 0.25) is 0 Å². The zero-order valence-electron chi connectivity index (χ0n) is 13.5. The molecule has 0 saturated heterocycles. The summed E-state index contributed by atoms with van der Waals surface area (Å²) in [6.07, 6.45) is 3.24. The molecule has 2 aromatic rings. The summed E-state index contributed by atoms with van der Waals surface area (Å²) in [6.45, 7) is 0. The van der Waals surface area contributed by atoms with E-state index < -0.39 is 22.7 Å². The van der Waals surface area contributed by atoms with Gasteiger partial charge in [-0.15, -0.1) is 0 Å². The van der Waals surface area contributed by atoms with E-state index in [1.165, 1.54) is 0 Å². The summed E-state index contributed by atoms with van der Waals surface area (Å²) in [7, 11) is 0. The first-order valence-electron chi connectivity index (χ1n) is 7.87. The molecular formula is C18H19BrNO4S-. The van der Waals surface area contributed by atoms with Gasteiger partial charge in [0.05, 0.1) is 16.7 Å². The van der Waals surface area contributed by atoms with Gasteiger partial charge in [-0.05, 0) is 30.5 Å². The third kappa shape index (κ3) is 5.74. The summed E-state index contributed by atoms with van der Waals surface area (Å²) in [6, 6.07) is 19.3. The molecule has 0 heterocycles. The van der Waals surface area contributed by atoms with Gasteiger partial charge in [0.25, 0.3) is 0 Å². The van der Waals surface area contributed by atoms with Crippen molar-refractivity contribution in [3.8, 4) is 0 Å². The Balaban J connectivity index is 0.000000269. The predicted molar refractivity (Wildman–Crippen MR) is 98.9 cm³/mol. The average Bonchev–Trinajstić information content (AvgIpc) is 3.13. The number of nitrogens with one attached hydrogen (secondary N) is 1. The molecule has 0 bridgehead atoms. The van der Waals surface area contributed by atoms with Crippen molar-refractivity contribution in [3.63, 3.8) is 0 Å². The highest BCUT2D eigenvalue weighted by Gasteiger charge is 2.44. The van der Waals surface area contributed by atoms with E-state index in [9.17, 15) is 13.6 Å². The smallest absolute Gasteiger partial charge is 0.336 e. The first-order valence-corrected chi connectivity index (χ1v) is 9.74. The van der Waals surface area contributed by atoms with Gasteiger partial charge >= 0.3 is 5.97 Å². The lowest BCUT2D eigenvalue weighted by molar-refractivity contribution is -0.154. The Labute approximate surface area is 158 Å². The average molecular weight is 425 g/mol. The Morgan fingerprint density at radius 3 is 2.00 bits per heavy atom. The van der Waals surface area contributed by atoms with E-state index in [-0.39, 0.29) is 0 Å². The summed E-state index contributed by atoms with van der Waals surface area (Å²) in [5, 5.41) is 0. The normalized spacial score (nSPS) is 16.4. The van der Waals surface area contributed by atoms with Crippen LogP contribution in [0.15, 0.2) is 65.1 Å². The maximum absolute atomic E-state index is 12.1. The summed E-state index contributed by atoms with van der Waals surface area (Å²) < 4.78 is 21.9. The second-order valence-corrected chi connectivity index (χ2v) is 7.21. The molecule has 0 radical (unpaired) electrons. The predicted octanol–water partition coefficient (Wildman–Crippen LogP) is 3.79. The van der Waals surface area contributed by atoms with Gasteiger partial charge in [-0.3, -0.25) is 4.21 Å². The molecule has 0 amide bonds. The summed E-state index contributed by atoms with van der Waals surface area (Å²) >= 11 is 0.707. The number of carbonyl (C=O) groups excluding carboxylic acids is 1. The molecule has 1 unspecified atom stereocenters. The van der Waals surface area contributed by atoms with E-state index >= 15 is 0 Å². The molecule has 1 aliphatic carbocycles. The molecular weight excluding hydrogens is 406 g/mol. The molecule has 1 N–H and O–H groups in total. The van der Waals surface area contributed by atoms with E-state index in [1.54, 1.807) is 4.89 Å². The van der Waals surface area contributed by atoms with Crippen LogP contribution in [-0.4, -0.2) is 14.7 Å². The second kappa shape index (κ2) is 9.82. The van der Waals surface area contributed by atoms with Gasteiger partial charge < -0.3 is 9.39 Å². The van der Waals surface area contributed by atoms with Crippen molar-refractivity contribution in [1.29, 1.82) is 0 Å². The Hall–Kier alpha value is -1.54. The SMILES string of the molecule is Brc1ccccc1.O=C(ONS(=O)[O-])C1(c2ccccc2)CCCC1. The molecule has 5 nitrogen and oxygen atoms in total. The minimum atomic E-state index is -2.60. The van der Waals surface area contributed by atoms with Crippen LogP contribution < -0.4 is 4.89 Å². The van der Waals surface area contributed by atoms with Crippen LogP contribution in [0.5, 0.6) is 0 Å². The highest BCUT2D eigenvalue weighted by molar-refractivity contribution is 9.10. The van der Waals surface area contributed by atoms with Crippen molar-refractivity contribution in [2.45, 2.75) is 31.1 Å². The number of halogens is 1. The molecule has 1 atom stereocenters. The fourth-order valence-corrected chi connectivity index (χ4v) is 3.38. The zero-order valence-corrected chi connectivity index (χ0v) is 15.9. The lowest BCUT2D eigenvalue weighted by Gasteiger charge is -2.26. The lowest BCUT2D eigenvalue weighted by Crippen LogP contribution is -2.38. The molecule has 3 rings (SSSR count). The molecule has 0 aliphatic heterocycles. The van der Waals surface area contributed by atoms with E-state index in [0.717, 1.165) is 22.9 Å². The van der Waals surface area contributed by atoms with Crippen LogP contribution in [0.1, 0.15) is 31.2 Å². The quantitative estimate of drug-likeness (QED) is 0.597. The zero-order chi connectivity index (χ0) is 18.1. The highest BCUT2D eigenvalue weighted by Crippen LogP contribution is 2.41. The van der Waals surface area contributed by atoms with E-state index in [0.29, 0.717) is 12.8 Å². The van der Waals surface area contributed by atoms with Crippen molar-refractivity contribution in [1.82, 2.24) is 4.89 Å². The molecule has 134 valence electrons. The topological polar surface area (TPSA) is 78.5 Å². The van der Waals surface area contributed by atoms with Gasteiger partial charge in [-0.25, -0.2) is 4.79 Å². The fraction of sp³-hybridized carbons (Fsp3) is 0.278. The monoisotopic (exact) mass is 424 g/mol. The van der Waals surface area contributed by atoms with Crippen LogP contribution in [0.3, 0.4) is 0 Å². The number of rotatable bonds is 4. The summed E-state index contributed by atoms with van der Waals surface area (Å²) in [4.78, 5) is 18.4. The molecule has 0 aromatic heterocycles. The first-order chi connectivity index (χ1) is 12.0. The maximum atomic E-state index is 12.1. The number of benzene rings is 2. The third-order valence-corrected chi connectivity index (χ3v) is 4.86. The van der Waals surface area contributed by atoms with E-state index in [1.807, 2.05) is 60.7 Å². The van der Waals surface area contributed by atoms with Gasteiger partial charge in [0.1, 0.15) is 0 Å². The van der Waals surface area contributed by atoms with Crippen molar-refractivity contribution in [2.24, 2.45) is 0 Å². The number of hydrogen-bond donors (Lipinski definition) is 1. The van der Waals surface area contributed by atoms with Crippen LogP contribution in [-0.2, 0) is 26.3 Å². The Morgan fingerprint density at radius 2 is 1.56 bits per heavy atom. The van der Waals surface area contributed by atoms with E-state index in [4.69, 9.17) is 0 Å². The van der Waals surface area contributed by atoms with Crippen LogP contribution in [0.4, 0.5) is 0 Å². The molecule has 0 spiro atoms. The fourth-order valence-electron chi connectivity index (χ4n) is 2.93. The molecule has 2 aromatic carbocycles. The van der Waals surface area contributed by atoms with Crippen molar-refractivity contribution in [3.05, 3.63) is 70.7 Å². The number of hydrogen-bond acceptors (Lipinski definition) is 4. The van der Waals surface area contributed by atoms with Gasteiger partial charge in [0.15, 0.2) is 0 Å². The molecule has 25 heavy (non-hydrogen) atoms. The minimum absolute atomic E-state index is 0.532. The van der Waals surface area contributed by atoms with Gasteiger partial charge in [-0.2, -0.15) is 0 Å². The molecule has 1 fully saturated rings. The minimum Gasteiger partial charge on any atom is -0.758 e. The Kier molecular flexibility index (Phi) is 7.77. The third-order valence-electron chi connectivity index (χ3n) is 4.11. The molecule has 1 saturated carbocycles. The lowest BCUT2D eigenvalue weighted by atomic mass is 9.79. The maximum Gasteiger partial charge on any atom is 0.336 e. The van der Waals surface area contributed by atoms with E-state index in [2.05, 4.69) is 20.8 Å². The summed E-state index contributed by atoms with van der Waals surface area (Å²) in [5.74, 6) is -0.532. The number of carbonyl (C=O) groups is 1. The Morgan fingerprint density at radius 1 is 1.04 bits per heavy atom.